The van der Waals surface area contributed by atoms with Crippen LogP contribution in [0.2, 0.25) is 0 Å². The number of nitrogens with one attached hydrogen (secondary N) is 2. The molecule has 9 nitrogen and oxygen atoms in total. The first kappa shape index (κ1) is 20.5. The van der Waals surface area contributed by atoms with E-state index in [2.05, 4.69) is 10.6 Å². The number of aromatic carboxylic acids is 1. The monoisotopic (exact) mass is 445 g/mol. The topological polar surface area (TPSA) is 129 Å². The Hall–Kier alpha value is -4.40. The zero-order valence-corrected chi connectivity index (χ0v) is 17.3. The van der Waals surface area contributed by atoms with Gasteiger partial charge >= 0.3 is 5.97 Å². The van der Waals surface area contributed by atoms with Gasteiger partial charge in [-0.1, -0.05) is 12.1 Å². The van der Waals surface area contributed by atoms with Crippen LogP contribution in [0.5, 0.6) is 0 Å². The van der Waals surface area contributed by atoms with Gasteiger partial charge in [-0.2, -0.15) is 0 Å². The van der Waals surface area contributed by atoms with E-state index in [0.717, 1.165) is 0 Å². The smallest absolute Gasteiger partial charge is 0.336 e. The predicted octanol–water partition coefficient (Wildman–Crippen LogP) is 2.61. The Labute approximate surface area is 188 Å². The van der Waals surface area contributed by atoms with Gasteiger partial charge in [-0.25, -0.2) is 4.79 Å². The van der Waals surface area contributed by atoms with E-state index in [1.807, 2.05) is 0 Å². The van der Waals surface area contributed by atoms with E-state index in [0.29, 0.717) is 22.6 Å². The lowest BCUT2D eigenvalue weighted by Crippen LogP contribution is -2.41. The summed E-state index contributed by atoms with van der Waals surface area (Å²) in [4.78, 5) is 51.8. The average Bonchev–Trinajstić information content (AvgIpc) is 3.47. The largest absolute Gasteiger partial charge is 0.478 e. The number of carbonyl (C=O) groups is 4. The summed E-state index contributed by atoms with van der Waals surface area (Å²) in [5.41, 5.74) is 1.37. The molecule has 3 N–H and O–H groups in total. The Morgan fingerprint density at radius 1 is 1.06 bits per heavy atom. The first-order chi connectivity index (χ1) is 15.9. The molecule has 2 unspecified atom stereocenters. The summed E-state index contributed by atoms with van der Waals surface area (Å²) >= 11 is 0. The number of hydrogen-bond donors (Lipinski definition) is 3. The van der Waals surface area contributed by atoms with E-state index in [1.54, 1.807) is 36.4 Å². The summed E-state index contributed by atoms with van der Waals surface area (Å²) in [6.07, 6.45) is 1.76. The number of nitrogens with zero attached hydrogens (tertiary/aromatic N) is 1. The number of furan rings is 1. The Morgan fingerprint density at radius 3 is 2.58 bits per heavy atom. The molecule has 2 atom stereocenters. The van der Waals surface area contributed by atoms with Crippen LogP contribution in [0.4, 0.5) is 5.69 Å². The van der Waals surface area contributed by atoms with Crippen molar-refractivity contribution in [1.82, 2.24) is 10.2 Å². The van der Waals surface area contributed by atoms with Gasteiger partial charge in [-0.3, -0.25) is 14.4 Å². The standard InChI is InChI=1S/C24H19N3O6/c28-21(15-4-1-2-5-16(15)24(31)32)25-14-11-19-22(29)26-18-8-7-13(20-6-3-9-33-20)10-17(18)23(30)27(19)12-14/h1-10,14,19H,11-12H2,(H,25,28)(H,26,29)(H,31,32). The molecular weight excluding hydrogens is 426 g/mol. The normalized spacial score (nSPS) is 19.3. The second kappa shape index (κ2) is 7.94. The molecule has 0 radical (unpaired) electrons. The van der Waals surface area contributed by atoms with Crippen molar-refractivity contribution in [2.75, 3.05) is 11.9 Å². The van der Waals surface area contributed by atoms with Gasteiger partial charge < -0.3 is 25.1 Å². The van der Waals surface area contributed by atoms with E-state index in [9.17, 15) is 24.3 Å². The molecule has 1 fully saturated rings. The van der Waals surface area contributed by atoms with Crippen LogP contribution in [0.1, 0.15) is 37.5 Å². The average molecular weight is 445 g/mol. The Balaban J connectivity index is 1.39. The molecule has 1 aromatic heterocycles. The molecule has 9 heteroatoms. The fourth-order valence-electron chi connectivity index (χ4n) is 4.34. The highest BCUT2D eigenvalue weighted by Crippen LogP contribution is 2.32. The van der Waals surface area contributed by atoms with Crippen LogP contribution in [0.15, 0.2) is 65.3 Å². The molecule has 1 saturated heterocycles. The molecule has 0 aliphatic carbocycles. The van der Waals surface area contributed by atoms with Crippen LogP contribution in [-0.4, -0.2) is 52.3 Å². The van der Waals surface area contributed by atoms with Crippen LogP contribution in [0.3, 0.4) is 0 Å². The second-order valence-corrected chi connectivity index (χ2v) is 7.96. The SMILES string of the molecule is O=C(O)c1ccccc1C(=O)NC1CC2C(=O)Nc3ccc(-c4ccco4)cc3C(=O)N2C1. The molecule has 2 aliphatic heterocycles. The summed E-state index contributed by atoms with van der Waals surface area (Å²) in [6.45, 7) is 0.127. The first-order valence-electron chi connectivity index (χ1n) is 10.4. The number of fused-ring (bicyclic) bond motifs is 2. The van der Waals surface area contributed by atoms with Crippen molar-refractivity contribution in [1.29, 1.82) is 0 Å². The van der Waals surface area contributed by atoms with E-state index in [-0.39, 0.29) is 35.9 Å². The van der Waals surface area contributed by atoms with Crippen molar-refractivity contribution in [3.63, 3.8) is 0 Å². The zero-order valence-electron chi connectivity index (χ0n) is 17.3. The molecule has 3 heterocycles. The highest BCUT2D eigenvalue weighted by molar-refractivity contribution is 6.11. The molecule has 0 saturated carbocycles. The third kappa shape index (κ3) is 3.63. The van der Waals surface area contributed by atoms with Crippen molar-refractivity contribution in [3.8, 4) is 11.3 Å². The van der Waals surface area contributed by atoms with E-state index < -0.39 is 24.0 Å². The lowest BCUT2D eigenvalue weighted by atomic mass is 10.1. The van der Waals surface area contributed by atoms with Crippen molar-refractivity contribution < 1.29 is 28.7 Å². The van der Waals surface area contributed by atoms with Gasteiger partial charge in [0.2, 0.25) is 5.91 Å². The molecule has 166 valence electrons. The molecular formula is C24H19N3O6. The number of carbonyl (C=O) groups excluding carboxylic acids is 3. The van der Waals surface area contributed by atoms with Crippen LogP contribution in [0.25, 0.3) is 11.3 Å². The van der Waals surface area contributed by atoms with Gasteiger partial charge in [0.25, 0.3) is 11.8 Å². The van der Waals surface area contributed by atoms with Crippen molar-refractivity contribution in [3.05, 3.63) is 77.6 Å². The third-order valence-electron chi connectivity index (χ3n) is 5.92. The second-order valence-electron chi connectivity index (χ2n) is 7.96. The van der Waals surface area contributed by atoms with Crippen LogP contribution < -0.4 is 10.6 Å². The Bertz CT molecular complexity index is 1280. The fraction of sp³-hybridized carbons (Fsp3) is 0.167. The summed E-state index contributed by atoms with van der Waals surface area (Å²) in [7, 11) is 0. The summed E-state index contributed by atoms with van der Waals surface area (Å²) in [5.74, 6) is -1.84. The van der Waals surface area contributed by atoms with Gasteiger partial charge in [-0.05, 0) is 48.9 Å². The number of benzene rings is 2. The van der Waals surface area contributed by atoms with Crippen molar-refractivity contribution >= 4 is 29.4 Å². The molecule has 3 aromatic rings. The van der Waals surface area contributed by atoms with Crippen LogP contribution in [-0.2, 0) is 4.79 Å². The summed E-state index contributed by atoms with van der Waals surface area (Å²) < 4.78 is 5.41. The van der Waals surface area contributed by atoms with Gasteiger partial charge in [0.1, 0.15) is 11.8 Å². The quantitative estimate of drug-likeness (QED) is 0.566. The molecule has 33 heavy (non-hydrogen) atoms. The highest BCUT2D eigenvalue weighted by atomic mass is 16.4. The van der Waals surface area contributed by atoms with Crippen molar-refractivity contribution in [2.45, 2.75) is 18.5 Å². The van der Waals surface area contributed by atoms with E-state index >= 15 is 0 Å². The van der Waals surface area contributed by atoms with Crippen LogP contribution >= 0.6 is 0 Å². The minimum Gasteiger partial charge on any atom is -0.478 e. The maximum atomic E-state index is 13.3. The summed E-state index contributed by atoms with van der Waals surface area (Å²) in [5, 5.41) is 14.9. The third-order valence-corrected chi connectivity index (χ3v) is 5.92. The number of carboxylic acid groups (broad SMARTS) is 1. The number of anilines is 1. The molecule has 0 bridgehead atoms. The molecule has 2 aliphatic rings. The van der Waals surface area contributed by atoms with Gasteiger partial charge in [-0.15, -0.1) is 0 Å². The number of hydrogen-bond acceptors (Lipinski definition) is 5. The van der Waals surface area contributed by atoms with Gasteiger partial charge in [0, 0.05) is 18.2 Å². The number of amides is 3. The molecule has 2 aromatic carbocycles. The van der Waals surface area contributed by atoms with E-state index in [1.165, 1.54) is 29.4 Å². The highest BCUT2D eigenvalue weighted by Gasteiger charge is 2.43. The van der Waals surface area contributed by atoms with E-state index in [4.69, 9.17) is 4.42 Å². The van der Waals surface area contributed by atoms with Crippen molar-refractivity contribution in [2.24, 2.45) is 0 Å². The van der Waals surface area contributed by atoms with Gasteiger partial charge in [0.15, 0.2) is 0 Å². The maximum Gasteiger partial charge on any atom is 0.336 e. The Morgan fingerprint density at radius 2 is 1.85 bits per heavy atom. The fourth-order valence-corrected chi connectivity index (χ4v) is 4.34. The minimum absolute atomic E-state index is 0.0244. The lowest BCUT2D eigenvalue weighted by molar-refractivity contribution is -0.119. The first-order valence-corrected chi connectivity index (χ1v) is 10.4. The molecule has 0 spiro atoms. The maximum absolute atomic E-state index is 13.3. The molecule has 5 rings (SSSR count). The van der Waals surface area contributed by atoms with Crippen LogP contribution in [0, 0.1) is 0 Å². The zero-order chi connectivity index (χ0) is 23.1. The Kier molecular flexibility index (Phi) is 4.93. The molecule has 3 amide bonds. The minimum atomic E-state index is -1.21. The number of rotatable bonds is 4. The summed E-state index contributed by atoms with van der Waals surface area (Å²) in [6, 6.07) is 13.3. The number of carboxylic acids is 1. The predicted molar refractivity (Wildman–Crippen MR) is 117 cm³/mol. The lowest BCUT2D eigenvalue weighted by Gasteiger charge is -2.20. The van der Waals surface area contributed by atoms with Gasteiger partial charge in [0.05, 0.1) is 28.6 Å².